The zero-order valence-corrected chi connectivity index (χ0v) is 21.7. The van der Waals surface area contributed by atoms with Crippen molar-refractivity contribution in [2.45, 2.75) is 52.2 Å². The van der Waals surface area contributed by atoms with E-state index < -0.39 is 40.2 Å². The fraction of sp³-hybridized carbons (Fsp3) is 0.417. The lowest BCUT2D eigenvalue weighted by molar-refractivity contribution is -0.140. The number of amides is 2. The van der Waals surface area contributed by atoms with Gasteiger partial charge in [-0.1, -0.05) is 37.6 Å². The van der Waals surface area contributed by atoms with Crippen LogP contribution in [0.15, 0.2) is 42.5 Å². The Balaban J connectivity index is 2.45. The van der Waals surface area contributed by atoms with Crippen LogP contribution in [0.2, 0.25) is 5.02 Å². The van der Waals surface area contributed by atoms with E-state index in [2.05, 4.69) is 5.32 Å². The molecule has 2 rings (SSSR count). The molecule has 11 heteroatoms. The second kappa shape index (κ2) is 12.3. The van der Waals surface area contributed by atoms with Crippen LogP contribution in [0.3, 0.4) is 0 Å². The van der Waals surface area contributed by atoms with Crippen molar-refractivity contribution in [2.75, 3.05) is 17.1 Å². The Bertz CT molecular complexity index is 1150. The highest BCUT2D eigenvalue weighted by Gasteiger charge is 2.32. The first-order valence-electron chi connectivity index (χ1n) is 11.1. The van der Waals surface area contributed by atoms with Crippen LogP contribution in [0.25, 0.3) is 0 Å². The smallest absolute Gasteiger partial charge is 0.244 e. The number of hydrogen-bond acceptors (Lipinski definition) is 4. The molecule has 0 aliphatic rings. The first-order valence-corrected chi connectivity index (χ1v) is 13.4. The van der Waals surface area contributed by atoms with E-state index >= 15 is 0 Å². The first kappa shape index (κ1) is 28.5. The van der Waals surface area contributed by atoms with Gasteiger partial charge in [-0.2, -0.15) is 0 Å². The molecule has 7 nitrogen and oxygen atoms in total. The van der Waals surface area contributed by atoms with Crippen molar-refractivity contribution >= 4 is 39.1 Å². The predicted molar refractivity (Wildman–Crippen MR) is 133 cm³/mol. The van der Waals surface area contributed by atoms with Crippen LogP contribution in [0.4, 0.5) is 14.5 Å². The highest BCUT2D eigenvalue weighted by Crippen LogP contribution is 2.25. The van der Waals surface area contributed by atoms with Crippen LogP contribution < -0.4 is 9.62 Å². The Morgan fingerprint density at radius 1 is 1.06 bits per heavy atom. The Labute approximate surface area is 210 Å². The summed E-state index contributed by atoms with van der Waals surface area (Å²) in [6.07, 6.45) is 1.85. The normalized spacial score (nSPS) is 13.1. The number of carbonyl (C=O) groups excluding carboxylic acids is 2. The molecule has 0 aliphatic carbocycles. The van der Waals surface area contributed by atoms with Crippen LogP contribution in [0.1, 0.15) is 39.2 Å². The van der Waals surface area contributed by atoms with E-state index in [0.29, 0.717) is 12.0 Å². The third-order valence-corrected chi connectivity index (χ3v) is 6.95. The minimum atomic E-state index is -3.98. The van der Waals surface area contributed by atoms with Crippen LogP contribution in [0.5, 0.6) is 0 Å². The number of rotatable bonds is 11. The van der Waals surface area contributed by atoms with Gasteiger partial charge in [0.05, 0.1) is 17.0 Å². The lowest BCUT2D eigenvalue weighted by Crippen LogP contribution is -2.53. The molecule has 192 valence electrons. The number of carbonyl (C=O) groups is 2. The maximum atomic E-state index is 13.6. The van der Waals surface area contributed by atoms with Crippen LogP contribution in [-0.2, 0) is 26.2 Å². The van der Waals surface area contributed by atoms with E-state index in [0.717, 1.165) is 22.7 Å². The molecule has 2 amide bonds. The minimum absolute atomic E-state index is 0.00564. The van der Waals surface area contributed by atoms with E-state index in [9.17, 15) is 26.8 Å². The molecular weight excluding hydrogens is 500 g/mol. The fourth-order valence-corrected chi connectivity index (χ4v) is 4.42. The Kier molecular flexibility index (Phi) is 10.0. The van der Waals surface area contributed by atoms with Gasteiger partial charge in [0.1, 0.15) is 24.2 Å². The van der Waals surface area contributed by atoms with Crippen molar-refractivity contribution in [1.29, 1.82) is 0 Å². The topological polar surface area (TPSA) is 86.8 Å². The molecule has 0 heterocycles. The van der Waals surface area contributed by atoms with Gasteiger partial charge in [0, 0.05) is 12.6 Å². The van der Waals surface area contributed by atoms with Crippen molar-refractivity contribution in [2.24, 2.45) is 0 Å². The number of halogens is 3. The number of hydrogen-bond donors (Lipinski definition) is 1. The van der Waals surface area contributed by atoms with Gasteiger partial charge >= 0.3 is 0 Å². The first-order chi connectivity index (χ1) is 16.4. The van der Waals surface area contributed by atoms with Gasteiger partial charge in [-0.15, -0.1) is 0 Å². The highest BCUT2D eigenvalue weighted by molar-refractivity contribution is 7.92. The van der Waals surface area contributed by atoms with Crippen LogP contribution >= 0.6 is 11.6 Å². The number of benzene rings is 2. The zero-order valence-electron chi connectivity index (χ0n) is 20.1. The number of sulfonamides is 1. The quantitative estimate of drug-likeness (QED) is 0.474. The summed E-state index contributed by atoms with van der Waals surface area (Å²) < 4.78 is 52.9. The highest BCUT2D eigenvalue weighted by atomic mass is 35.5. The van der Waals surface area contributed by atoms with Gasteiger partial charge in [-0.05, 0) is 55.7 Å². The molecule has 35 heavy (non-hydrogen) atoms. The molecule has 0 radical (unpaired) electrons. The maximum Gasteiger partial charge on any atom is 0.244 e. The average molecular weight is 530 g/mol. The molecule has 2 atom stereocenters. The van der Waals surface area contributed by atoms with Crippen molar-refractivity contribution in [3.63, 3.8) is 0 Å². The van der Waals surface area contributed by atoms with Crippen molar-refractivity contribution in [1.82, 2.24) is 10.2 Å². The zero-order chi connectivity index (χ0) is 26.3. The molecule has 0 fully saturated rings. The largest absolute Gasteiger partial charge is 0.352 e. The average Bonchev–Trinajstić information content (AvgIpc) is 2.79. The third-order valence-electron chi connectivity index (χ3n) is 5.52. The van der Waals surface area contributed by atoms with Gasteiger partial charge in [-0.25, -0.2) is 17.2 Å². The van der Waals surface area contributed by atoms with E-state index in [1.807, 2.05) is 13.8 Å². The van der Waals surface area contributed by atoms with Gasteiger partial charge in [0.15, 0.2) is 0 Å². The van der Waals surface area contributed by atoms with Gasteiger partial charge in [0.25, 0.3) is 0 Å². The van der Waals surface area contributed by atoms with E-state index in [4.69, 9.17) is 11.6 Å². The monoisotopic (exact) mass is 529 g/mol. The summed E-state index contributed by atoms with van der Waals surface area (Å²) in [5, 5.41) is 2.56. The van der Waals surface area contributed by atoms with Gasteiger partial charge in [-0.3, -0.25) is 13.9 Å². The standard InChI is InChI=1S/C24H30ClF2N3O4S/c1-5-16(3)28-24(32)22(6-2)29(14-17-7-9-18(26)10-8-17)23(31)15-30(35(4,33)34)19-11-12-21(27)20(25)13-19/h7-13,16,22H,5-6,14-15H2,1-4H3,(H,28,32)/t16-,22-/m1/s1. The molecule has 1 N–H and O–H groups in total. The SMILES string of the molecule is CC[C@@H](C)NC(=O)[C@@H](CC)N(Cc1ccc(F)cc1)C(=O)CN(c1ccc(F)c(Cl)c1)S(C)(=O)=O. The lowest BCUT2D eigenvalue weighted by Gasteiger charge is -2.33. The molecular formula is C24H30ClF2N3O4S. The predicted octanol–water partition coefficient (Wildman–Crippen LogP) is 4.11. The number of nitrogens with zero attached hydrogens (tertiary/aromatic N) is 2. The summed E-state index contributed by atoms with van der Waals surface area (Å²) in [4.78, 5) is 27.8. The Hall–Kier alpha value is -2.72. The summed E-state index contributed by atoms with van der Waals surface area (Å²) in [5.41, 5.74) is 0.566. The van der Waals surface area contributed by atoms with Gasteiger partial charge in [0.2, 0.25) is 21.8 Å². The summed E-state index contributed by atoms with van der Waals surface area (Å²) >= 11 is 5.83. The second-order valence-electron chi connectivity index (χ2n) is 8.26. The molecule has 2 aromatic carbocycles. The second-order valence-corrected chi connectivity index (χ2v) is 10.6. The molecule has 2 aromatic rings. The van der Waals surface area contributed by atoms with Crippen molar-refractivity contribution in [3.8, 4) is 0 Å². The maximum absolute atomic E-state index is 13.6. The molecule has 0 saturated heterocycles. The fourth-order valence-electron chi connectivity index (χ4n) is 3.40. The molecule has 0 aromatic heterocycles. The van der Waals surface area contributed by atoms with E-state index in [1.54, 1.807) is 6.92 Å². The molecule has 0 aliphatic heterocycles. The molecule has 0 bridgehead atoms. The molecule has 0 saturated carbocycles. The molecule has 0 unspecified atom stereocenters. The summed E-state index contributed by atoms with van der Waals surface area (Å²) in [6, 6.07) is 7.74. The summed E-state index contributed by atoms with van der Waals surface area (Å²) in [5.74, 6) is -2.23. The summed E-state index contributed by atoms with van der Waals surface area (Å²) in [7, 11) is -3.98. The third kappa shape index (κ3) is 7.90. The van der Waals surface area contributed by atoms with Crippen molar-refractivity contribution < 1.29 is 26.8 Å². The summed E-state index contributed by atoms with van der Waals surface area (Å²) in [6.45, 7) is 4.79. The molecule has 0 spiro atoms. The van der Waals surface area contributed by atoms with E-state index in [-0.39, 0.29) is 35.6 Å². The number of nitrogens with one attached hydrogen (secondary N) is 1. The van der Waals surface area contributed by atoms with Gasteiger partial charge < -0.3 is 10.2 Å². The van der Waals surface area contributed by atoms with E-state index in [1.165, 1.54) is 35.2 Å². The van der Waals surface area contributed by atoms with Crippen LogP contribution in [-0.4, -0.2) is 50.0 Å². The Morgan fingerprint density at radius 2 is 1.69 bits per heavy atom. The number of anilines is 1. The lowest BCUT2D eigenvalue weighted by atomic mass is 10.1. The van der Waals surface area contributed by atoms with Crippen molar-refractivity contribution in [3.05, 3.63) is 64.7 Å². The Morgan fingerprint density at radius 3 is 2.20 bits per heavy atom. The van der Waals surface area contributed by atoms with Crippen LogP contribution in [0, 0.1) is 11.6 Å². The minimum Gasteiger partial charge on any atom is -0.352 e.